The summed E-state index contributed by atoms with van der Waals surface area (Å²) in [7, 11) is 0. The van der Waals surface area contributed by atoms with Crippen LogP contribution in [-0.4, -0.2) is 17.4 Å². The van der Waals surface area contributed by atoms with Crippen LogP contribution in [0.3, 0.4) is 0 Å². The lowest BCUT2D eigenvalue weighted by molar-refractivity contribution is -0.133. The van der Waals surface area contributed by atoms with Gasteiger partial charge in [-0.1, -0.05) is 0 Å². The summed E-state index contributed by atoms with van der Waals surface area (Å²) in [5, 5.41) is 0. The third-order valence-corrected chi connectivity index (χ3v) is 3.05. The number of rotatable bonds is 8. The number of hydrogen-bond donors (Lipinski definition) is 1. The Kier molecular flexibility index (Phi) is 5.43. The van der Waals surface area contributed by atoms with Crippen LogP contribution < -0.4 is 5.73 Å². The van der Waals surface area contributed by atoms with Crippen molar-refractivity contribution in [2.75, 3.05) is 6.54 Å². The highest BCUT2D eigenvalue weighted by Crippen LogP contribution is 2.13. The largest absolute Gasteiger partial charge is 0.467 e. The first kappa shape index (κ1) is 14.4. The minimum atomic E-state index is 0.0891. The van der Waals surface area contributed by atoms with E-state index in [-0.39, 0.29) is 5.91 Å². The molecule has 2 N–H and O–H groups in total. The zero-order valence-corrected chi connectivity index (χ0v) is 11.5. The van der Waals surface area contributed by atoms with E-state index in [1.165, 1.54) is 0 Å². The molecule has 2 aromatic rings. The highest BCUT2D eigenvalue weighted by atomic mass is 16.3. The van der Waals surface area contributed by atoms with E-state index in [0.717, 1.165) is 24.4 Å². The minimum Gasteiger partial charge on any atom is -0.467 e. The molecule has 0 aliphatic carbocycles. The highest BCUT2D eigenvalue weighted by molar-refractivity contribution is 5.76. The Bertz CT molecular complexity index is 455. The smallest absolute Gasteiger partial charge is 0.223 e. The van der Waals surface area contributed by atoms with Gasteiger partial charge in [-0.3, -0.25) is 4.79 Å². The lowest BCUT2D eigenvalue weighted by Crippen LogP contribution is -2.29. The van der Waals surface area contributed by atoms with Crippen molar-refractivity contribution >= 4 is 5.91 Å². The van der Waals surface area contributed by atoms with Crippen LogP contribution in [0, 0.1) is 0 Å². The van der Waals surface area contributed by atoms with Gasteiger partial charge in [0.05, 0.1) is 25.6 Å². The fraction of sp³-hybridized carbons (Fsp3) is 0.400. The van der Waals surface area contributed by atoms with Crippen LogP contribution in [0.25, 0.3) is 0 Å². The van der Waals surface area contributed by atoms with Crippen LogP contribution >= 0.6 is 0 Å². The van der Waals surface area contributed by atoms with Gasteiger partial charge in [-0.25, -0.2) is 0 Å². The molecule has 0 atom stereocenters. The van der Waals surface area contributed by atoms with Crippen LogP contribution in [0.2, 0.25) is 0 Å². The molecule has 0 bridgehead atoms. The van der Waals surface area contributed by atoms with Crippen LogP contribution in [-0.2, 0) is 17.9 Å². The van der Waals surface area contributed by atoms with E-state index in [9.17, 15) is 4.79 Å². The SMILES string of the molecule is NCCCCC(=O)N(Cc1ccco1)Cc1ccco1. The average Bonchev–Trinajstić information content (AvgIpc) is 3.11. The fourth-order valence-electron chi connectivity index (χ4n) is 1.99. The molecule has 0 saturated heterocycles. The predicted molar refractivity (Wildman–Crippen MR) is 74.6 cm³/mol. The summed E-state index contributed by atoms with van der Waals surface area (Å²) >= 11 is 0. The number of carbonyl (C=O) groups excluding carboxylic acids is 1. The monoisotopic (exact) mass is 276 g/mol. The van der Waals surface area contributed by atoms with Crippen molar-refractivity contribution in [1.82, 2.24) is 4.90 Å². The Morgan fingerprint density at radius 2 is 1.65 bits per heavy atom. The maximum atomic E-state index is 12.3. The highest BCUT2D eigenvalue weighted by Gasteiger charge is 2.16. The minimum absolute atomic E-state index is 0.0891. The summed E-state index contributed by atoms with van der Waals surface area (Å²) in [5.74, 6) is 1.62. The van der Waals surface area contributed by atoms with Gasteiger partial charge in [0.25, 0.3) is 0 Å². The lowest BCUT2D eigenvalue weighted by atomic mass is 10.2. The molecule has 0 fully saturated rings. The molecule has 0 radical (unpaired) electrons. The standard InChI is InChI=1S/C15H20N2O3/c16-8-2-1-7-15(18)17(11-13-5-3-9-19-13)12-14-6-4-10-20-14/h3-6,9-10H,1-2,7-8,11-12,16H2. The molecule has 108 valence electrons. The molecule has 0 aromatic carbocycles. The van der Waals surface area contributed by atoms with E-state index >= 15 is 0 Å². The van der Waals surface area contributed by atoms with Crippen molar-refractivity contribution < 1.29 is 13.6 Å². The molecule has 0 saturated carbocycles. The van der Waals surface area contributed by atoms with Crippen molar-refractivity contribution in [3.63, 3.8) is 0 Å². The predicted octanol–water partition coefficient (Wildman–Crippen LogP) is 2.53. The number of hydrogen-bond acceptors (Lipinski definition) is 4. The zero-order valence-electron chi connectivity index (χ0n) is 11.5. The maximum absolute atomic E-state index is 12.3. The summed E-state index contributed by atoms with van der Waals surface area (Å²) in [6.45, 7) is 1.52. The molecule has 0 spiro atoms. The van der Waals surface area contributed by atoms with Gasteiger partial charge in [-0.2, -0.15) is 0 Å². The molecule has 2 heterocycles. The lowest BCUT2D eigenvalue weighted by Gasteiger charge is -2.20. The van der Waals surface area contributed by atoms with Crippen molar-refractivity contribution in [2.24, 2.45) is 5.73 Å². The molecule has 2 aromatic heterocycles. The number of amides is 1. The fourth-order valence-corrected chi connectivity index (χ4v) is 1.99. The molecule has 0 aliphatic rings. The van der Waals surface area contributed by atoms with Gasteiger partial charge in [-0.15, -0.1) is 0 Å². The molecule has 0 aliphatic heterocycles. The first-order chi connectivity index (χ1) is 9.79. The Morgan fingerprint density at radius 1 is 1.05 bits per heavy atom. The Balaban J connectivity index is 1.97. The number of nitrogens with two attached hydrogens (primary N) is 1. The van der Waals surface area contributed by atoms with E-state index in [1.807, 2.05) is 24.3 Å². The Hall–Kier alpha value is -2.01. The maximum Gasteiger partial charge on any atom is 0.223 e. The summed E-state index contributed by atoms with van der Waals surface area (Å²) in [5.41, 5.74) is 5.46. The summed E-state index contributed by atoms with van der Waals surface area (Å²) < 4.78 is 10.6. The van der Waals surface area contributed by atoms with E-state index in [0.29, 0.717) is 26.1 Å². The zero-order chi connectivity index (χ0) is 14.2. The number of carbonyl (C=O) groups is 1. The Morgan fingerprint density at radius 3 is 2.10 bits per heavy atom. The summed E-state index contributed by atoms with van der Waals surface area (Å²) in [6.07, 6.45) is 5.39. The van der Waals surface area contributed by atoms with Crippen molar-refractivity contribution in [1.29, 1.82) is 0 Å². The quantitative estimate of drug-likeness (QED) is 0.752. The summed E-state index contributed by atoms with van der Waals surface area (Å²) in [4.78, 5) is 14.0. The van der Waals surface area contributed by atoms with Gasteiger partial charge in [0.15, 0.2) is 0 Å². The normalized spacial score (nSPS) is 10.7. The van der Waals surface area contributed by atoms with Crippen molar-refractivity contribution in [2.45, 2.75) is 32.4 Å². The first-order valence-electron chi connectivity index (χ1n) is 6.82. The number of furan rings is 2. The molecule has 1 amide bonds. The van der Waals surface area contributed by atoms with E-state index in [4.69, 9.17) is 14.6 Å². The molecule has 5 heteroatoms. The molecule has 5 nitrogen and oxygen atoms in total. The van der Waals surface area contributed by atoms with Gasteiger partial charge in [0.1, 0.15) is 11.5 Å². The van der Waals surface area contributed by atoms with Gasteiger partial charge in [0, 0.05) is 6.42 Å². The second kappa shape index (κ2) is 7.55. The molecular formula is C15H20N2O3. The van der Waals surface area contributed by atoms with E-state index in [2.05, 4.69) is 0 Å². The second-order valence-electron chi connectivity index (χ2n) is 4.65. The molecule has 2 rings (SSSR count). The molecule has 0 unspecified atom stereocenters. The van der Waals surface area contributed by atoms with Crippen molar-refractivity contribution in [3.05, 3.63) is 48.3 Å². The van der Waals surface area contributed by atoms with Crippen LogP contribution in [0.1, 0.15) is 30.8 Å². The summed E-state index contributed by atoms with van der Waals surface area (Å²) in [6, 6.07) is 7.36. The average molecular weight is 276 g/mol. The number of nitrogens with zero attached hydrogens (tertiary/aromatic N) is 1. The van der Waals surface area contributed by atoms with E-state index < -0.39 is 0 Å². The third kappa shape index (κ3) is 4.28. The number of unbranched alkanes of at least 4 members (excludes halogenated alkanes) is 1. The first-order valence-corrected chi connectivity index (χ1v) is 6.82. The topological polar surface area (TPSA) is 72.6 Å². The van der Waals surface area contributed by atoms with Crippen LogP contribution in [0.15, 0.2) is 45.6 Å². The van der Waals surface area contributed by atoms with Gasteiger partial charge in [0.2, 0.25) is 5.91 Å². The molecule has 20 heavy (non-hydrogen) atoms. The van der Waals surface area contributed by atoms with Gasteiger partial charge >= 0.3 is 0 Å². The molecular weight excluding hydrogens is 256 g/mol. The van der Waals surface area contributed by atoms with Gasteiger partial charge < -0.3 is 19.5 Å². The van der Waals surface area contributed by atoms with E-state index in [1.54, 1.807) is 17.4 Å². The van der Waals surface area contributed by atoms with Gasteiger partial charge in [-0.05, 0) is 43.7 Å². The van der Waals surface area contributed by atoms with Crippen LogP contribution in [0.5, 0.6) is 0 Å². The second-order valence-corrected chi connectivity index (χ2v) is 4.65. The van der Waals surface area contributed by atoms with Crippen molar-refractivity contribution in [3.8, 4) is 0 Å². The van der Waals surface area contributed by atoms with Crippen LogP contribution in [0.4, 0.5) is 0 Å². The Labute approximate surface area is 118 Å². The third-order valence-electron chi connectivity index (χ3n) is 3.05.